The van der Waals surface area contributed by atoms with Crippen LogP contribution in [0.4, 0.5) is 4.79 Å². The first-order valence-electron chi connectivity index (χ1n) is 5.42. The van der Waals surface area contributed by atoms with E-state index in [4.69, 9.17) is 4.74 Å². The molecule has 0 fully saturated rings. The monoisotopic (exact) mass is 230 g/mol. The van der Waals surface area contributed by atoms with Gasteiger partial charge < -0.3 is 15.0 Å². The summed E-state index contributed by atoms with van der Waals surface area (Å²) >= 11 is 0. The predicted octanol–water partition coefficient (Wildman–Crippen LogP) is 1.38. The molecule has 0 aliphatic heterocycles. The molecule has 0 radical (unpaired) electrons. The average molecular weight is 230 g/mol. The maximum atomic E-state index is 11.5. The molecule has 0 bridgehead atoms. The number of hydrogen-bond acceptors (Lipinski definition) is 3. The van der Waals surface area contributed by atoms with Crippen LogP contribution in [0.15, 0.2) is 0 Å². The van der Waals surface area contributed by atoms with Gasteiger partial charge in [0.15, 0.2) is 0 Å². The Morgan fingerprint density at radius 2 is 1.88 bits per heavy atom. The van der Waals surface area contributed by atoms with Gasteiger partial charge in [-0.05, 0) is 34.6 Å². The highest BCUT2D eigenvalue weighted by molar-refractivity contribution is 5.83. The van der Waals surface area contributed by atoms with E-state index in [9.17, 15) is 9.59 Å². The lowest BCUT2D eigenvalue weighted by Gasteiger charge is -2.24. The molecule has 5 heteroatoms. The molecule has 1 atom stereocenters. The molecular weight excluding hydrogens is 208 g/mol. The van der Waals surface area contributed by atoms with Gasteiger partial charge >= 0.3 is 12.0 Å². The number of nitrogens with one attached hydrogen (secondary N) is 1. The fourth-order valence-corrected chi connectivity index (χ4v) is 0.888. The second-order valence-corrected chi connectivity index (χ2v) is 4.72. The number of ether oxygens (including phenoxy) is 1. The van der Waals surface area contributed by atoms with Gasteiger partial charge in [-0.15, -0.1) is 0 Å². The van der Waals surface area contributed by atoms with Gasteiger partial charge in [-0.1, -0.05) is 0 Å². The summed E-state index contributed by atoms with van der Waals surface area (Å²) in [5.41, 5.74) is -0.535. The summed E-state index contributed by atoms with van der Waals surface area (Å²) in [7, 11) is 1.66. The number of carbonyl (C=O) groups is 2. The van der Waals surface area contributed by atoms with E-state index < -0.39 is 17.6 Å². The molecule has 0 aromatic heterocycles. The third kappa shape index (κ3) is 5.58. The van der Waals surface area contributed by atoms with Crippen LogP contribution < -0.4 is 5.32 Å². The molecule has 16 heavy (non-hydrogen) atoms. The van der Waals surface area contributed by atoms with Crippen molar-refractivity contribution in [1.82, 2.24) is 10.2 Å². The number of esters is 1. The summed E-state index contributed by atoms with van der Waals surface area (Å²) in [6.07, 6.45) is 0. The number of hydrogen-bond donors (Lipinski definition) is 1. The van der Waals surface area contributed by atoms with Crippen molar-refractivity contribution in [3.05, 3.63) is 0 Å². The molecule has 0 aliphatic rings. The minimum absolute atomic E-state index is 0.277. The molecule has 0 saturated carbocycles. The Hall–Kier alpha value is -1.26. The van der Waals surface area contributed by atoms with Crippen molar-refractivity contribution in [2.45, 2.75) is 46.3 Å². The van der Waals surface area contributed by atoms with Gasteiger partial charge in [0.1, 0.15) is 11.6 Å². The number of nitrogens with zero attached hydrogens (tertiary/aromatic N) is 1. The van der Waals surface area contributed by atoms with Crippen molar-refractivity contribution < 1.29 is 14.3 Å². The molecule has 0 saturated heterocycles. The van der Waals surface area contributed by atoms with E-state index in [0.29, 0.717) is 6.54 Å². The number of carbonyl (C=O) groups excluding carboxylic acids is 2. The van der Waals surface area contributed by atoms with Crippen LogP contribution in [0, 0.1) is 0 Å². The number of rotatable bonds is 3. The first-order valence-corrected chi connectivity index (χ1v) is 5.42. The smallest absolute Gasteiger partial charge is 0.328 e. The van der Waals surface area contributed by atoms with Crippen molar-refractivity contribution in [3.8, 4) is 0 Å². The Morgan fingerprint density at radius 3 is 2.25 bits per heavy atom. The van der Waals surface area contributed by atoms with Crippen molar-refractivity contribution in [2.24, 2.45) is 0 Å². The van der Waals surface area contributed by atoms with Gasteiger partial charge in [-0.2, -0.15) is 0 Å². The van der Waals surface area contributed by atoms with E-state index in [1.165, 1.54) is 4.90 Å². The molecule has 0 aliphatic carbocycles. The second kappa shape index (κ2) is 5.72. The van der Waals surface area contributed by atoms with Gasteiger partial charge in [0, 0.05) is 13.6 Å². The Bertz CT molecular complexity index is 258. The molecule has 2 amide bonds. The van der Waals surface area contributed by atoms with E-state index >= 15 is 0 Å². The molecule has 0 aromatic rings. The largest absolute Gasteiger partial charge is 0.458 e. The fourth-order valence-electron chi connectivity index (χ4n) is 0.888. The van der Waals surface area contributed by atoms with Crippen LogP contribution in [-0.4, -0.2) is 42.1 Å². The maximum Gasteiger partial charge on any atom is 0.328 e. The summed E-state index contributed by atoms with van der Waals surface area (Å²) in [5, 5.41) is 2.57. The molecule has 0 unspecified atom stereocenters. The van der Waals surface area contributed by atoms with E-state index in [-0.39, 0.29) is 6.03 Å². The maximum absolute atomic E-state index is 11.5. The summed E-state index contributed by atoms with van der Waals surface area (Å²) in [4.78, 5) is 24.5. The first-order chi connectivity index (χ1) is 7.17. The summed E-state index contributed by atoms with van der Waals surface area (Å²) in [6.45, 7) is 9.42. The Labute approximate surface area is 97.1 Å². The normalized spacial score (nSPS) is 12.9. The highest BCUT2D eigenvalue weighted by atomic mass is 16.6. The van der Waals surface area contributed by atoms with Crippen molar-refractivity contribution in [3.63, 3.8) is 0 Å². The van der Waals surface area contributed by atoms with Gasteiger partial charge in [0.05, 0.1) is 0 Å². The van der Waals surface area contributed by atoms with Crippen LogP contribution in [0.3, 0.4) is 0 Å². The molecule has 5 nitrogen and oxygen atoms in total. The van der Waals surface area contributed by atoms with E-state index in [1.807, 2.05) is 6.92 Å². The minimum Gasteiger partial charge on any atom is -0.458 e. The van der Waals surface area contributed by atoms with Gasteiger partial charge in [0.2, 0.25) is 0 Å². The highest BCUT2D eigenvalue weighted by Crippen LogP contribution is 2.08. The third-order valence-corrected chi connectivity index (χ3v) is 1.92. The predicted molar refractivity (Wildman–Crippen MR) is 62.1 cm³/mol. The van der Waals surface area contributed by atoms with Crippen molar-refractivity contribution in [1.29, 1.82) is 0 Å². The molecular formula is C11H22N2O3. The van der Waals surface area contributed by atoms with Crippen LogP contribution in [-0.2, 0) is 9.53 Å². The van der Waals surface area contributed by atoms with E-state index in [1.54, 1.807) is 34.7 Å². The number of urea groups is 1. The quantitative estimate of drug-likeness (QED) is 0.745. The lowest BCUT2D eigenvalue weighted by atomic mass is 10.2. The van der Waals surface area contributed by atoms with Crippen molar-refractivity contribution >= 4 is 12.0 Å². The van der Waals surface area contributed by atoms with Gasteiger partial charge in [-0.3, -0.25) is 0 Å². The summed E-state index contributed by atoms with van der Waals surface area (Å²) < 4.78 is 5.14. The van der Waals surface area contributed by atoms with Gasteiger partial charge in [-0.25, -0.2) is 9.59 Å². The highest BCUT2D eigenvalue weighted by Gasteiger charge is 2.23. The first kappa shape index (κ1) is 14.7. The molecule has 0 heterocycles. The zero-order chi connectivity index (χ0) is 12.9. The van der Waals surface area contributed by atoms with Gasteiger partial charge in [0.25, 0.3) is 0 Å². The van der Waals surface area contributed by atoms with Crippen LogP contribution in [0.1, 0.15) is 34.6 Å². The SMILES string of the molecule is CCN(C)C(=O)N[C@H](C)C(=O)OC(C)(C)C. The zero-order valence-corrected chi connectivity index (χ0v) is 11.0. The van der Waals surface area contributed by atoms with Crippen LogP contribution in [0.25, 0.3) is 0 Å². The standard InChI is InChI=1S/C11H22N2O3/c1-7-13(6)10(15)12-8(2)9(14)16-11(3,4)5/h8H,7H2,1-6H3,(H,12,15)/t8-/m1/s1. The zero-order valence-electron chi connectivity index (χ0n) is 11.0. The fraction of sp³-hybridized carbons (Fsp3) is 0.818. The average Bonchev–Trinajstić information content (AvgIpc) is 2.13. The summed E-state index contributed by atoms with van der Waals surface area (Å²) in [5.74, 6) is -0.426. The van der Waals surface area contributed by atoms with Crippen LogP contribution >= 0.6 is 0 Å². The Balaban J connectivity index is 4.21. The lowest BCUT2D eigenvalue weighted by molar-refractivity contribution is -0.156. The second-order valence-electron chi connectivity index (χ2n) is 4.72. The van der Waals surface area contributed by atoms with E-state index in [0.717, 1.165) is 0 Å². The molecule has 0 spiro atoms. The molecule has 1 N–H and O–H groups in total. The van der Waals surface area contributed by atoms with Crippen molar-refractivity contribution in [2.75, 3.05) is 13.6 Å². The van der Waals surface area contributed by atoms with Crippen LogP contribution in [0.2, 0.25) is 0 Å². The topological polar surface area (TPSA) is 58.6 Å². The van der Waals surface area contributed by atoms with Crippen LogP contribution in [0.5, 0.6) is 0 Å². The lowest BCUT2D eigenvalue weighted by Crippen LogP contribution is -2.47. The van der Waals surface area contributed by atoms with E-state index in [2.05, 4.69) is 5.32 Å². The third-order valence-electron chi connectivity index (χ3n) is 1.92. The minimum atomic E-state index is -0.638. The summed E-state index contributed by atoms with van der Waals surface area (Å²) in [6, 6.07) is -0.915. The number of amides is 2. The molecule has 0 rings (SSSR count). The Morgan fingerprint density at radius 1 is 1.38 bits per heavy atom. The molecule has 0 aromatic carbocycles. The Kier molecular flexibility index (Phi) is 5.27. The molecule has 94 valence electrons.